The third-order valence-corrected chi connectivity index (χ3v) is 2.61. The van der Waals surface area contributed by atoms with Crippen molar-refractivity contribution in [2.45, 2.75) is 32.4 Å². The summed E-state index contributed by atoms with van der Waals surface area (Å²) in [5, 5.41) is 3.26. The molecule has 2 unspecified atom stereocenters. The van der Waals surface area contributed by atoms with Crippen molar-refractivity contribution in [1.29, 1.82) is 0 Å². The normalized spacial score (nSPS) is 20.5. The molecule has 1 aliphatic rings. The standard InChI is InChI=1S/C11H21NO2/c1-8(2)11(13-4)10(12-3)9-6-5-7-14-9/h6,8,10-12H,5,7H2,1-4H3. The van der Waals surface area contributed by atoms with E-state index >= 15 is 0 Å². The summed E-state index contributed by atoms with van der Waals surface area (Å²) in [6.07, 6.45) is 3.33. The van der Waals surface area contributed by atoms with E-state index in [9.17, 15) is 0 Å². The molecule has 0 bridgehead atoms. The topological polar surface area (TPSA) is 30.5 Å². The molecule has 14 heavy (non-hydrogen) atoms. The summed E-state index contributed by atoms with van der Waals surface area (Å²) in [4.78, 5) is 0. The Morgan fingerprint density at radius 2 is 2.21 bits per heavy atom. The van der Waals surface area contributed by atoms with Gasteiger partial charge < -0.3 is 14.8 Å². The predicted molar refractivity (Wildman–Crippen MR) is 57.1 cm³/mol. The maximum absolute atomic E-state index is 5.56. The number of likely N-dealkylation sites (N-methyl/N-ethyl adjacent to an activating group) is 1. The Kier molecular flexibility index (Phi) is 4.42. The molecule has 1 rings (SSSR count). The molecule has 0 aromatic heterocycles. The maximum Gasteiger partial charge on any atom is 0.112 e. The highest BCUT2D eigenvalue weighted by atomic mass is 16.5. The molecule has 0 saturated heterocycles. The van der Waals surface area contributed by atoms with Crippen molar-refractivity contribution in [1.82, 2.24) is 5.32 Å². The molecule has 1 N–H and O–H groups in total. The van der Waals surface area contributed by atoms with Crippen molar-refractivity contribution >= 4 is 0 Å². The van der Waals surface area contributed by atoms with Crippen molar-refractivity contribution < 1.29 is 9.47 Å². The Hall–Kier alpha value is -0.540. The molecule has 0 aromatic carbocycles. The van der Waals surface area contributed by atoms with Crippen molar-refractivity contribution in [2.24, 2.45) is 5.92 Å². The molecule has 1 heterocycles. The monoisotopic (exact) mass is 199 g/mol. The smallest absolute Gasteiger partial charge is 0.112 e. The number of hydrogen-bond donors (Lipinski definition) is 1. The second-order valence-corrected chi connectivity index (χ2v) is 3.95. The first-order chi connectivity index (χ1) is 6.70. The van der Waals surface area contributed by atoms with Gasteiger partial charge in [0, 0.05) is 13.5 Å². The highest BCUT2D eigenvalue weighted by molar-refractivity contribution is 5.10. The van der Waals surface area contributed by atoms with E-state index in [0.717, 1.165) is 18.8 Å². The number of rotatable bonds is 5. The van der Waals surface area contributed by atoms with Crippen molar-refractivity contribution in [3.05, 3.63) is 11.8 Å². The Bertz CT molecular complexity index is 201. The molecule has 0 aliphatic carbocycles. The largest absolute Gasteiger partial charge is 0.496 e. The van der Waals surface area contributed by atoms with Gasteiger partial charge in [0.2, 0.25) is 0 Å². The van der Waals surface area contributed by atoms with Crippen molar-refractivity contribution in [3.63, 3.8) is 0 Å². The summed E-state index contributed by atoms with van der Waals surface area (Å²) >= 11 is 0. The van der Waals surface area contributed by atoms with Crippen LogP contribution in [0, 0.1) is 5.92 Å². The van der Waals surface area contributed by atoms with Gasteiger partial charge in [0.25, 0.3) is 0 Å². The molecule has 0 fully saturated rings. The predicted octanol–water partition coefficient (Wildman–Crippen LogP) is 1.55. The number of ether oxygens (including phenoxy) is 2. The molecule has 0 aromatic rings. The minimum absolute atomic E-state index is 0.171. The molecule has 0 amide bonds. The molecule has 0 spiro atoms. The van der Waals surface area contributed by atoms with Gasteiger partial charge in [-0.05, 0) is 19.0 Å². The van der Waals surface area contributed by atoms with E-state index in [1.807, 2.05) is 7.05 Å². The molecule has 1 aliphatic heterocycles. The minimum Gasteiger partial charge on any atom is -0.496 e. The van der Waals surface area contributed by atoms with E-state index in [4.69, 9.17) is 9.47 Å². The zero-order chi connectivity index (χ0) is 10.6. The van der Waals surface area contributed by atoms with Crippen molar-refractivity contribution in [3.8, 4) is 0 Å². The molecule has 3 nitrogen and oxygen atoms in total. The fraction of sp³-hybridized carbons (Fsp3) is 0.818. The van der Waals surface area contributed by atoms with E-state index < -0.39 is 0 Å². The van der Waals surface area contributed by atoms with Gasteiger partial charge in [-0.15, -0.1) is 0 Å². The van der Waals surface area contributed by atoms with Crippen LogP contribution < -0.4 is 5.32 Å². The van der Waals surface area contributed by atoms with E-state index in [1.54, 1.807) is 7.11 Å². The van der Waals surface area contributed by atoms with Gasteiger partial charge in [-0.2, -0.15) is 0 Å². The van der Waals surface area contributed by atoms with E-state index in [-0.39, 0.29) is 12.1 Å². The van der Waals surface area contributed by atoms with Crippen LogP contribution >= 0.6 is 0 Å². The summed E-state index contributed by atoms with van der Waals surface area (Å²) < 4.78 is 11.1. The SMILES string of the molecule is CNC(C1=CCCO1)C(OC)C(C)C. The molecular formula is C11H21NO2. The lowest BCUT2D eigenvalue weighted by atomic mass is 9.98. The van der Waals surface area contributed by atoms with Gasteiger partial charge in [-0.25, -0.2) is 0 Å². The molecule has 2 atom stereocenters. The first kappa shape index (κ1) is 11.5. The van der Waals surface area contributed by atoms with Crippen LogP contribution in [0.4, 0.5) is 0 Å². The summed E-state index contributed by atoms with van der Waals surface area (Å²) in [5.74, 6) is 1.51. The van der Waals surface area contributed by atoms with Gasteiger partial charge in [0.05, 0.1) is 18.8 Å². The summed E-state index contributed by atoms with van der Waals surface area (Å²) in [6.45, 7) is 5.13. The number of methoxy groups -OCH3 is 1. The van der Waals surface area contributed by atoms with Crippen LogP contribution in [0.2, 0.25) is 0 Å². The summed E-state index contributed by atoms with van der Waals surface area (Å²) in [7, 11) is 3.70. The summed E-state index contributed by atoms with van der Waals surface area (Å²) in [6, 6.07) is 0.183. The first-order valence-electron chi connectivity index (χ1n) is 5.23. The lowest BCUT2D eigenvalue weighted by molar-refractivity contribution is 0.0289. The fourth-order valence-electron chi connectivity index (χ4n) is 1.92. The van der Waals surface area contributed by atoms with Crippen LogP contribution in [0.1, 0.15) is 20.3 Å². The van der Waals surface area contributed by atoms with Crippen LogP contribution in [-0.4, -0.2) is 32.9 Å². The highest BCUT2D eigenvalue weighted by Gasteiger charge is 2.28. The van der Waals surface area contributed by atoms with Crippen molar-refractivity contribution in [2.75, 3.05) is 20.8 Å². The zero-order valence-electron chi connectivity index (χ0n) is 9.54. The lowest BCUT2D eigenvalue weighted by Crippen LogP contribution is -2.43. The van der Waals surface area contributed by atoms with Crippen LogP contribution in [0.25, 0.3) is 0 Å². The van der Waals surface area contributed by atoms with Gasteiger partial charge in [-0.1, -0.05) is 13.8 Å². The van der Waals surface area contributed by atoms with Crippen LogP contribution in [0.3, 0.4) is 0 Å². The van der Waals surface area contributed by atoms with E-state index in [0.29, 0.717) is 5.92 Å². The second-order valence-electron chi connectivity index (χ2n) is 3.95. The quantitative estimate of drug-likeness (QED) is 0.728. The Morgan fingerprint density at radius 3 is 2.57 bits per heavy atom. The third kappa shape index (κ3) is 2.49. The van der Waals surface area contributed by atoms with Gasteiger partial charge in [0.15, 0.2) is 0 Å². The Labute approximate surface area is 86.5 Å². The average molecular weight is 199 g/mol. The molecule has 0 saturated carbocycles. The summed E-state index contributed by atoms with van der Waals surface area (Å²) in [5.41, 5.74) is 0. The molecule has 3 heteroatoms. The van der Waals surface area contributed by atoms with Gasteiger partial charge >= 0.3 is 0 Å². The number of nitrogens with one attached hydrogen (secondary N) is 1. The highest BCUT2D eigenvalue weighted by Crippen LogP contribution is 2.21. The zero-order valence-corrected chi connectivity index (χ0v) is 9.54. The molecule has 0 radical (unpaired) electrons. The maximum atomic E-state index is 5.56. The molecular weight excluding hydrogens is 178 g/mol. The minimum atomic E-state index is 0.171. The fourth-order valence-corrected chi connectivity index (χ4v) is 1.92. The first-order valence-corrected chi connectivity index (χ1v) is 5.23. The lowest BCUT2D eigenvalue weighted by Gasteiger charge is -2.29. The van der Waals surface area contributed by atoms with Crippen LogP contribution in [0.15, 0.2) is 11.8 Å². The Balaban J connectivity index is 2.67. The van der Waals surface area contributed by atoms with E-state index in [1.165, 1.54) is 0 Å². The third-order valence-electron chi connectivity index (χ3n) is 2.61. The van der Waals surface area contributed by atoms with Crippen LogP contribution in [-0.2, 0) is 9.47 Å². The van der Waals surface area contributed by atoms with Crippen LogP contribution in [0.5, 0.6) is 0 Å². The molecule has 82 valence electrons. The number of hydrogen-bond acceptors (Lipinski definition) is 3. The Morgan fingerprint density at radius 1 is 1.50 bits per heavy atom. The second kappa shape index (κ2) is 5.37. The average Bonchev–Trinajstić information content (AvgIpc) is 2.65. The van der Waals surface area contributed by atoms with Gasteiger partial charge in [-0.3, -0.25) is 0 Å². The van der Waals surface area contributed by atoms with Gasteiger partial charge in [0.1, 0.15) is 5.76 Å². The van der Waals surface area contributed by atoms with E-state index in [2.05, 4.69) is 25.2 Å².